The summed E-state index contributed by atoms with van der Waals surface area (Å²) < 4.78 is 12.7. The Morgan fingerprint density at radius 1 is 1.83 bits per heavy atom. The summed E-state index contributed by atoms with van der Waals surface area (Å²) in [6, 6.07) is 0. The van der Waals surface area contributed by atoms with E-state index in [1.807, 2.05) is 4.90 Å². The van der Waals surface area contributed by atoms with Crippen LogP contribution in [0.15, 0.2) is 12.2 Å². The summed E-state index contributed by atoms with van der Waals surface area (Å²) in [5, 5.41) is 9.13. The Balaban J connectivity index is 2.28. The van der Waals surface area contributed by atoms with Crippen molar-refractivity contribution in [1.29, 1.82) is 0 Å². The predicted octanol–water partition coefficient (Wildman–Crippen LogP) is 0.967. The molecule has 2 atom stereocenters. The van der Waals surface area contributed by atoms with E-state index in [9.17, 15) is 4.39 Å². The van der Waals surface area contributed by atoms with E-state index in [0.717, 1.165) is 12.1 Å². The topological polar surface area (TPSA) is 23.5 Å². The molecule has 1 aliphatic rings. The minimum atomic E-state index is -0.688. The van der Waals surface area contributed by atoms with Crippen LogP contribution < -0.4 is 0 Å². The molecule has 12 heavy (non-hydrogen) atoms. The largest absolute Gasteiger partial charge is 0.389 e. The van der Waals surface area contributed by atoms with Crippen molar-refractivity contribution >= 4 is 0 Å². The minimum Gasteiger partial charge on any atom is -0.389 e. The number of hydrogen-bond donors (Lipinski definition) is 1. The predicted molar refractivity (Wildman–Crippen MR) is 46.8 cm³/mol. The molecule has 0 saturated carbocycles. The average Bonchev–Trinajstić information content (AvgIpc) is 2.35. The molecule has 70 valence electrons. The van der Waals surface area contributed by atoms with Crippen LogP contribution in [0.4, 0.5) is 4.39 Å². The number of aliphatic hydroxyl groups excluding tert-OH is 1. The fourth-order valence-corrected chi connectivity index (χ4v) is 1.35. The molecule has 0 aromatic rings. The number of nitrogens with zero attached hydrogens (tertiary/aromatic N) is 1. The van der Waals surface area contributed by atoms with Gasteiger partial charge in [-0.05, 0) is 18.9 Å². The first-order valence-corrected chi connectivity index (χ1v) is 4.31. The second-order valence-corrected chi connectivity index (χ2v) is 3.46. The Kier molecular flexibility index (Phi) is 3.23. The first-order valence-electron chi connectivity index (χ1n) is 4.31. The Bertz CT molecular complexity index is 170. The van der Waals surface area contributed by atoms with Crippen molar-refractivity contribution in [2.75, 3.05) is 19.6 Å². The molecule has 2 nitrogen and oxygen atoms in total. The zero-order chi connectivity index (χ0) is 9.14. The summed E-state index contributed by atoms with van der Waals surface area (Å²) in [7, 11) is 0. The highest BCUT2D eigenvalue weighted by molar-refractivity contribution is 5.03. The van der Waals surface area contributed by atoms with Gasteiger partial charge in [0.25, 0.3) is 0 Å². The highest BCUT2D eigenvalue weighted by Gasteiger charge is 2.22. The lowest BCUT2D eigenvalue weighted by Gasteiger charge is -2.17. The highest BCUT2D eigenvalue weighted by atomic mass is 19.1. The van der Waals surface area contributed by atoms with Gasteiger partial charge in [0.15, 0.2) is 0 Å². The van der Waals surface area contributed by atoms with Crippen LogP contribution in [0.1, 0.15) is 13.3 Å². The van der Waals surface area contributed by atoms with Crippen LogP contribution in [0, 0.1) is 0 Å². The van der Waals surface area contributed by atoms with Gasteiger partial charge in [-0.15, -0.1) is 0 Å². The molecule has 1 heterocycles. The molecule has 0 radical (unpaired) electrons. The van der Waals surface area contributed by atoms with E-state index in [2.05, 4.69) is 6.58 Å². The zero-order valence-electron chi connectivity index (χ0n) is 7.46. The maximum atomic E-state index is 12.7. The van der Waals surface area contributed by atoms with Gasteiger partial charge in [0.2, 0.25) is 0 Å². The van der Waals surface area contributed by atoms with E-state index in [0.29, 0.717) is 19.5 Å². The van der Waals surface area contributed by atoms with Crippen LogP contribution in [0.25, 0.3) is 0 Å². The number of alkyl halides is 1. The normalized spacial score (nSPS) is 27.4. The molecular weight excluding hydrogens is 157 g/mol. The summed E-state index contributed by atoms with van der Waals surface area (Å²) in [5.41, 5.74) is 0.768. The fraction of sp³-hybridized carbons (Fsp3) is 0.778. The third-order valence-corrected chi connectivity index (χ3v) is 2.23. The summed E-state index contributed by atoms with van der Waals surface area (Å²) in [5.74, 6) is 0. The molecule has 0 spiro atoms. The Morgan fingerprint density at radius 3 is 2.92 bits per heavy atom. The van der Waals surface area contributed by atoms with Crippen LogP contribution >= 0.6 is 0 Å². The van der Waals surface area contributed by atoms with Crippen molar-refractivity contribution in [2.24, 2.45) is 0 Å². The van der Waals surface area contributed by atoms with Gasteiger partial charge < -0.3 is 5.11 Å². The van der Waals surface area contributed by atoms with Gasteiger partial charge in [-0.1, -0.05) is 6.58 Å². The van der Waals surface area contributed by atoms with Crippen LogP contribution in [-0.4, -0.2) is 41.9 Å². The van der Waals surface area contributed by atoms with Crippen molar-refractivity contribution in [1.82, 2.24) is 4.90 Å². The highest BCUT2D eigenvalue weighted by Crippen LogP contribution is 2.14. The van der Waals surface area contributed by atoms with E-state index in [-0.39, 0.29) is 0 Å². The molecule has 0 aromatic heterocycles. The third kappa shape index (κ3) is 2.57. The van der Waals surface area contributed by atoms with Crippen molar-refractivity contribution < 1.29 is 9.50 Å². The van der Waals surface area contributed by atoms with E-state index >= 15 is 0 Å². The Morgan fingerprint density at radius 2 is 2.50 bits per heavy atom. The first-order chi connectivity index (χ1) is 5.59. The van der Waals surface area contributed by atoms with Crippen molar-refractivity contribution in [3.63, 3.8) is 0 Å². The molecule has 3 heteroatoms. The van der Waals surface area contributed by atoms with Gasteiger partial charge in [0.05, 0.1) is 6.10 Å². The number of hydrogen-bond acceptors (Lipinski definition) is 2. The SMILES string of the molecule is C=C(CN1CCC(F)C1)C(C)O. The average molecular weight is 173 g/mol. The first kappa shape index (κ1) is 9.68. The molecule has 1 N–H and O–H groups in total. The third-order valence-electron chi connectivity index (χ3n) is 2.23. The molecule has 0 bridgehead atoms. The van der Waals surface area contributed by atoms with E-state index in [1.54, 1.807) is 6.92 Å². The quantitative estimate of drug-likeness (QED) is 0.643. The zero-order valence-corrected chi connectivity index (χ0v) is 7.46. The smallest absolute Gasteiger partial charge is 0.114 e. The van der Waals surface area contributed by atoms with Gasteiger partial charge >= 0.3 is 0 Å². The Labute approximate surface area is 72.7 Å². The van der Waals surface area contributed by atoms with E-state index in [4.69, 9.17) is 5.11 Å². The van der Waals surface area contributed by atoms with Crippen LogP contribution in [0.3, 0.4) is 0 Å². The number of halogens is 1. The van der Waals surface area contributed by atoms with Gasteiger partial charge in [0.1, 0.15) is 6.17 Å². The van der Waals surface area contributed by atoms with Gasteiger partial charge in [-0.2, -0.15) is 0 Å². The van der Waals surface area contributed by atoms with E-state index in [1.165, 1.54) is 0 Å². The summed E-state index contributed by atoms with van der Waals surface area (Å²) in [6.45, 7) is 7.31. The van der Waals surface area contributed by atoms with Crippen LogP contribution in [-0.2, 0) is 0 Å². The Hall–Kier alpha value is -0.410. The molecule has 0 aliphatic carbocycles. The lowest BCUT2D eigenvalue weighted by molar-refractivity contribution is 0.212. The molecule has 0 amide bonds. The molecule has 1 fully saturated rings. The summed E-state index contributed by atoms with van der Waals surface area (Å²) >= 11 is 0. The standard InChI is InChI=1S/C9H16FNO/c1-7(8(2)12)5-11-4-3-9(10)6-11/h8-9,12H,1,3-6H2,2H3. The fourth-order valence-electron chi connectivity index (χ4n) is 1.35. The van der Waals surface area contributed by atoms with Crippen LogP contribution in [0.2, 0.25) is 0 Å². The second kappa shape index (κ2) is 4.01. The summed E-state index contributed by atoms with van der Waals surface area (Å²) in [4.78, 5) is 1.99. The second-order valence-electron chi connectivity index (χ2n) is 3.46. The van der Waals surface area contributed by atoms with Gasteiger partial charge in [-0.3, -0.25) is 4.90 Å². The molecular formula is C9H16FNO. The monoisotopic (exact) mass is 173 g/mol. The number of likely N-dealkylation sites (tertiary alicyclic amines) is 1. The van der Waals surface area contributed by atoms with Gasteiger partial charge in [0, 0.05) is 19.6 Å². The lowest BCUT2D eigenvalue weighted by Crippen LogP contribution is -2.26. The molecule has 1 rings (SSSR count). The van der Waals surface area contributed by atoms with E-state index < -0.39 is 12.3 Å². The van der Waals surface area contributed by atoms with Crippen LogP contribution in [0.5, 0.6) is 0 Å². The lowest BCUT2D eigenvalue weighted by atomic mass is 10.2. The molecule has 1 aliphatic heterocycles. The minimum absolute atomic E-state index is 0.483. The number of rotatable bonds is 3. The molecule has 1 saturated heterocycles. The molecule has 0 aromatic carbocycles. The van der Waals surface area contributed by atoms with Crippen molar-refractivity contribution in [2.45, 2.75) is 25.6 Å². The van der Waals surface area contributed by atoms with Gasteiger partial charge in [-0.25, -0.2) is 4.39 Å². The van der Waals surface area contributed by atoms with Crippen molar-refractivity contribution in [3.8, 4) is 0 Å². The maximum absolute atomic E-state index is 12.7. The molecule has 2 unspecified atom stereocenters. The van der Waals surface area contributed by atoms with Crippen molar-refractivity contribution in [3.05, 3.63) is 12.2 Å². The maximum Gasteiger partial charge on any atom is 0.114 e. The summed E-state index contributed by atoms with van der Waals surface area (Å²) in [6.07, 6.45) is -0.553. The number of aliphatic hydroxyl groups is 1.